The second-order valence-electron chi connectivity index (χ2n) is 8.32. The molecule has 4 rings (SSSR count). The van der Waals surface area contributed by atoms with Gasteiger partial charge in [0.15, 0.2) is 6.23 Å². The number of aromatic nitrogens is 1. The van der Waals surface area contributed by atoms with Gasteiger partial charge < -0.3 is 20.2 Å². The van der Waals surface area contributed by atoms with E-state index in [1.54, 1.807) is 11.1 Å². The molecule has 2 heterocycles. The van der Waals surface area contributed by atoms with Crippen LogP contribution < -0.4 is 5.32 Å². The number of likely N-dealkylation sites (N-methyl/N-ethyl adjacent to an activating group) is 1. The fraction of sp³-hybridized carbons (Fsp3) is 0.333. The summed E-state index contributed by atoms with van der Waals surface area (Å²) in [6.07, 6.45) is 8.10. The molecule has 1 aromatic carbocycles. The van der Waals surface area contributed by atoms with Crippen molar-refractivity contribution in [3.63, 3.8) is 0 Å². The Hall–Kier alpha value is -3.52. The van der Waals surface area contributed by atoms with E-state index in [-0.39, 0.29) is 13.4 Å². The number of benzene rings is 1. The topological polar surface area (TPSA) is 112 Å². The number of hydrogen-bond acceptors (Lipinski definition) is 7. The van der Waals surface area contributed by atoms with Crippen LogP contribution in [-0.4, -0.2) is 64.6 Å². The molecule has 0 spiro atoms. The Bertz CT molecular complexity index is 1060. The highest BCUT2D eigenvalue weighted by molar-refractivity contribution is 6.03. The maximum atomic E-state index is 10.8. The van der Waals surface area contributed by atoms with Crippen LogP contribution in [0.15, 0.2) is 59.7 Å². The third-order valence-electron chi connectivity index (χ3n) is 5.68. The molecular formula is C24H31N7O. The van der Waals surface area contributed by atoms with Crippen LogP contribution in [0.1, 0.15) is 43.2 Å². The molecule has 8 nitrogen and oxygen atoms in total. The van der Waals surface area contributed by atoms with E-state index in [4.69, 9.17) is 10.8 Å². The first-order valence-electron chi connectivity index (χ1n) is 10.7. The molecule has 2 atom stereocenters. The highest BCUT2D eigenvalue weighted by Crippen LogP contribution is 2.28. The summed E-state index contributed by atoms with van der Waals surface area (Å²) >= 11 is 0. The third kappa shape index (κ3) is 4.86. The van der Waals surface area contributed by atoms with Gasteiger partial charge in [-0.3, -0.25) is 20.8 Å². The van der Waals surface area contributed by atoms with Crippen LogP contribution in [0.25, 0.3) is 0 Å². The molecule has 0 bridgehead atoms. The van der Waals surface area contributed by atoms with Crippen molar-refractivity contribution in [1.29, 1.82) is 10.8 Å². The van der Waals surface area contributed by atoms with Crippen LogP contribution in [0, 0.1) is 10.8 Å². The van der Waals surface area contributed by atoms with Crippen LogP contribution in [-0.2, 0) is 0 Å². The molecule has 1 aliphatic heterocycles. The molecule has 4 N–H and O–H groups in total. The first-order chi connectivity index (χ1) is 15.5. The molecule has 1 aromatic heterocycles. The van der Waals surface area contributed by atoms with Gasteiger partial charge in [-0.2, -0.15) is 0 Å². The van der Waals surface area contributed by atoms with E-state index < -0.39 is 6.23 Å². The van der Waals surface area contributed by atoms with Gasteiger partial charge in [-0.25, -0.2) is 0 Å². The summed E-state index contributed by atoms with van der Waals surface area (Å²) in [5, 5.41) is 29.9. The van der Waals surface area contributed by atoms with Crippen LogP contribution >= 0.6 is 0 Å². The molecule has 1 aliphatic carbocycles. The molecule has 1 fully saturated rings. The van der Waals surface area contributed by atoms with Crippen molar-refractivity contribution in [2.75, 3.05) is 26.0 Å². The number of amidine groups is 2. The average molecular weight is 434 g/mol. The summed E-state index contributed by atoms with van der Waals surface area (Å²) in [4.78, 5) is 12.6. The summed E-state index contributed by atoms with van der Waals surface area (Å²) in [6.45, 7) is 0.658. The molecule has 0 saturated heterocycles. The van der Waals surface area contributed by atoms with Gasteiger partial charge >= 0.3 is 0 Å². The monoisotopic (exact) mass is 433 g/mol. The van der Waals surface area contributed by atoms with Crippen molar-refractivity contribution in [3.05, 3.63) is 71.6 Å². The number of nitrogens with one attached hydrogen (secondary N) is 3. The molecular weight excluding hydrogens is 402 g/mol. The van der Waals surface area contributed by atoms with E-state index in [0.717, 1.165) is 24.2 Å². The predicted octanol–water partition coefficient (Wildman–Crippen LogP) is 3.44. The molecule has 0 radical (unpaired) electrons. The highest BCUT2D eigenvalue weighted by Gasteiger charge is 2.30. The van der Waals surface area contributed by atoms with Gasteiger partial charge in [-0.15, -0.1) is 0 Å². The van der Waals surface area contributed by atoms with Gasteiger partial charge in [0, 0.05) is 44.9 Å². The summed E-state index contributed by atoms with van der Waals surface area (Å²) in [5.41, 5.74) is 2.96. The summed E-state index contributed by atoms with van der Waals surface area (Å²) < 4.78 is 0. The van der Waals surface area contributed by atoms with Crippen molar-refractivity contribution in [2.45, 2.75) is 31.0 Å². The average Bonchev–Trinajstić information content (AvgIpc) is 3.65. The number of nitrogens with zero attached hydrogens (tertiary/aromatic N) is 4. The van der Waals surface area contributed by atoms with Crippen molar-refractivity contribution in [3.8, 4) is 0 Å². The third-order valence-corrected chi connectivity index (χ3v) is 5.68. The number of aliphatic hydroxyl groups excluding tert-OH is 1. The highest BCUT2D eigenvalue weighted by atomic mass is 16.3. The van der Waals surface area contributed by atoms with E-state index in [0.29, 0.717) is 29.3 Å². The van der Waals surface area contributed by atoms with E-state index in [2.05, 4.69) is 21.4 Å². The lowest BCUT2D eigenvalue weighted by Gasteiger charge is -2.21. The predicted molar refractivity (Wildman–Crippen MR) is 130 cm³/mol. The zero-order valence-corrected chi connectivity index (χ0v) is 18.4. The molecule has 8 heteroatoms. The normalized spacial score (nSPS) is 18.5. The Morgan fingerprint density at radius 2 is 2.09 bits per heavy atom. The second kappa shape index (κ2) is 9.32. The molecule has 1 saturated carbocycles. The molecule has 0 amide bonds. The van der Waals surface area contributed by atoms with Gasteiger partial charge in [0.1, 0.15) is 11.7 Å². The fourth-order valence-corrected chi connectivity index (χ4v) is 3.70. The Kier molecular flexibility index (Phi) is 6.32. The summed E-state index contributed by atoms with van der Waals surface area (Å²) in [6, 6.07) is 11.4. The first-order valence-corrected chi connectivity index (χ1v) is 10.7. The van der Waals surface area contributed by atoms with Gasteiger partial charge in [0.2, 0.25) is 0 Å². The lowest BCUT2D eigenvalue weighted by molar-refractivity contribution is 0.203. The maximum Gasteiger partial charge on any atom is 0.168 e. The molecule has 2 unspecified atom stereocenters. The summed E-state index contributed by atoms with van der Waals surface area (Å²) in [7, 11) is 3.95. The quantitative estimate of drug-likeness (QED) is 0.304. The number of anilines is 1. The van der Waals surface area contributed by atoms with E-state index in [9.17, 15) is 5.11 Å². The lowest BCUT2D eigenvalue weighted by atomic mass is 9.97. The SMILES string of the molecule is CN(C)C1=NCC(c2ccnc(C(O)Nc3cccc(C(=N)N(C=N)C4CC4)c3)c2)C=C1.[HH]. The zero-order chi connectivity index (χ0) is 22.7. The van der Waals surface area contributed by atoms with Gasteiger partial charge in [0.05, 0.1) is 18.6 Å². The van der Waals surface area contributed by atoms with Crippen molar-refractivity contribution in [2.24, 2.45) is 4.99 Å². The number of rotatable bonds is 7. The Morgan fingerprint density at radius 3 is 2.75 bits per heavy atom. The Balaban J connectivity index is 0.00000306. The van der Waals surface area contributed by atoms with Crippen LogP contribution in [0.4, 0.5) is 5.69 Å². The Labute approximate surface area is 189 Å². The standard InChI is InChI=1S/C24H29N7O.H2/c1-30(2)22-9-6-18(14-28-22)16-10-11-27-21(13-16)24(32)29-19-5-3-4-17(12-19)23(26)31(15-25)20-7-8-20;/h3-6,9-13,15,18,20,24-26,29,32H,7-8,14H2,1-2H3;1H. The number of aliphatic imine (C=N–C) groups is 1. The van der Waals surface area contributed by atoms with Gasteiger partial charge in [0.25, 0.3) is 0 Å². The number of pyridine rings is 1. The van der Waals surface area contributed by atoms with Crippen molar-refractivity contribution in [1.82, 2.24) is 14.8 Å². The largest absolute Gasteiger partial charge is 0.368 e. The minimum atomic E-state index is -0.991. The van der Waals surface area contributed by atoms with Crippen molar-refractivity contribution < 1.29 is 6.53 Å². The lowest BCUT2D eigenvalue weighted by Crippen LogP contribution is -2.31. The van der Waals surface area contributed by atoms with E-state index in [1.807, 2.05) is 61.5 Å². The van der Waals surface area contributed by atoms with E-state index in [1.165, 1.54) is 6.34 Å². The minimum absolute atomic E-state index is 0. The zero-order valence-electron chi connectivity index (χ0n) is 18.4. The van der Waals surface area contributed by atoms with Gasteiger partial charge in [-0.05, 0) is 48.7 Å². The molecule has 2 aromatic rings. The van der Waals surface area contributed by atoms with E-state index >= 15 is 0 Å². The molecule has 32 heavy (non-hydrogen) atoms. The van der Waals surface area contributed by atoms with Crippen LogP contribution in [0.3, 0.4) is 0 Å². The fourth-order valence-electron chi connectivity index (χ4n) is 3.70. The Morgan fingerprint density at radius 1 is 1.28 bits per heavy atom. The first kappa shape index (κ1) is 21.7. The van der Waals surface area contributed by atoms with Crippen molar-refractivity contribution >= 4 is 23.7 Å². The number of dihydropyridines is 1. The maximum absolute atomic E-state index is 10.8. The molecule has 2 aliphatic rings. The van der Waals surface area contributed by atoms with Crippen LogP contribution in [0.5, 0.6) is 0 Å². The van der Waals surface area contributed by atoms with Gasteiger partial charge in [-0.1, -0.05) is 18.2 Å². The number of aliphatic hydroxyl groups is 1. The summed E-state index contributed by atoms with van der Waals surface area (Å²) in [5.74, 6) is 1.39. The smallest absolute Gasteiger partial charge is 0.168 e. The number of hydrogen-bond donors (Lipinski definition) is 4. The second-order valence-corrected chi connectivity index (χ2v) is 8.32. The minimum Gasteiger partial charge on any atom is -0.368 e. The molecule has 168 valence electrons. The van der Waals surface area contributed by atoms with Crippen LogP contribution in [0.2, 0.25) is 0 Å².